The van der Waals surface area contributed by atoms with Gasteiger partial charge in [0.2, 0.25) is 10.0 Å². The highest BCUT2D eigenvalue weighted by molar-refractivity contribution is 7.89. The molecule has 0 atom stereocenters. The molecule has 1 aromatic rings. The maximum Gasteiger partial charge on any atom is 0.211 e. The summed E-state index contributed by atoms with van der Waals surface area (Å²) in [5.41, 5.74) is 0.998. The van der Waals surface area contributed by atoms with Crippen molar-refractivity contribution in [2.45, 2.75) is 19.3 Å². The molecule has 0 bridgehead atoms. The van der Waals surface area contributed by atoms with Crippen LogP contribution in [0.5, 0.6) is 11.5 Å². The van der Waals surface area contributed by atoms with Crippen LogP contribution in [0.25, 0.3) is 0 Å². The third kappa shape index (κ3) is 5.18. The Bertz CT molecular complexity index is 558. The van der Waals surface area contributed by atoms with E-state index in [1.165, 1.54) is 0 Å². The molecule has 6 nitrogen and oxygen atoms in total. The van der Waals surface area contributed by atoms with Gasteiger partial charge in [0.1, 0.15) is 13.2 Å². The first-order valence-corrected chi connectivity index (χ1v) is 8.73. The van der Waals surface area contributed by atoms with Crippen LogP contribution in [0.15, 0.2) is 18.2 Å². The molecule has 7 heteroatoms. The van der Waals surface area contributed by atoms with Crippen LogP contribution in [-0.4, -0.2) is 45.6 Å². The molecule has 2 rings (SSSR count). The molecule has 1 heterocycles. The fourth-order valence-corrected chi connectivity index (χ4v) is 3.21. The van der Waals surface area contributed by atoms with Gasteiger partial charge in [-0.3, -0.25) is 0 Å². The molecule has 0 aliphatic carbocycles. The van der Waals surface area contributed by atoms with Gasteiger partial charge in [0.25, 0.3) is 0 Å². The molecule has 0 saturated carbocycles. The van der Waals surface area contributed by atoms with Gasteiger partial charge in [0.05, 0.1) is 5.75 Å². The Morgan fingerprint density at radius 3 is 2.67 bits per heavy atom. The van der Waals surface area contributed by atoms with Gasteiger partial charge in [0.15, 0.2) is 11.5 Å². The molecule has 1 aliphatic rings. The number of rotatable bonds is 8. The van der Waals surface area contributed by atoms with Gasteiger partial charge in [-0.2, -0.15) is 0 Å². The smallest absolute Gasteiger partial charge is 0.211 e. The Kier molecular flexibility index (Phi) is 5.84. The van der Waals surface area contributed by atoms with Crippen LogP contribution in [0.1, 0.15) is 18.4 Å². The summed E-state index contributed by atoms with van der Waals surface area (Å²) in [5, 5.41) is 8.65. The van der Waals surface area contributed by atoms with E-state index < -0.39 is 10.0 Å². The van der Waals surface area contributed by atoms with E-state index in [1.807, 2.05) is 18.2 Å². The minimum absolute atomic E-state index is 0.0206. The van der Waals surface area contributed by atoms with Crippen molar-refractivity contribution in [3.05, 3.63) is 23.8 Å². The zero-order valence-electron chi connectivity index (χ0n) is 11.9. The third-order valence-electron chi connectivity index (χ3n) is 3.16. The molecule has 0 amide bonds. The molecule has 118 valence electrons. The first-order chi connectivity index (χ1) is 10.1. The van der Waals surface area contributed by atoms with E-state index in [-0.39, 0.29) is 12.4 Å². The average Bonchev–Trinajstić information content (AvgIpc) is 2.47. The van der Waals surface area contributed by atoms with Gasteiger partial charge >= 0.3 is 0 Å². The first-order valence-electron chi connectivity index (χ1n) is 7.07. The molecule has 0 saturated heterocycles. The molecule has 2 N–H and O–H groups in total. The predicted octanol–water partition coefficient (Wildman–Crippen LogP) is 0.692. The highest BCUT2D eigenvalue weighted by Gasteiger charge is 2.12. The minimum atomic E-state index is -3.26. The quantitative estimate of drug-likeness (QED) is 0.690. The number of benzene rings is 1. The van der Waals surface area contributed by atoms with Crippen LogP contribution in [-0.2, 0) is 16.4 Å². The lowest BCUT2D eigenvalue weighted by Crippen LogP contribution is -2.28. The third-order valence-corrected chi connectivity index (χ3v) is 4.63. The number of sulfonamides is 1. The second kappa shape index (κ2) is 7.63. The molecule has 1 aromatic carbocycles. The molecule has 0 aromatic heterocycles. The van der Waals surface area contributed by atoms with Crippen molar-refractivity contribution in [3.63, 3.8) is 0 Å². The average molecular weight is 315 g/mol. The van der Waals surface area contributed by atoms with Crippen molar-refractivity contribution in [1.82, 2.24) is 4.72 Å². The van der Waals surface area contributed by atoms with Crippen molar-refractivity contribution in [2.75, 3.05) is 32.1 Å². The molecular formula is C14H21NO5S. The van der Waals surface area contributed by atoms with E-state index in [1.54, 1.807) is 0 Å². The summed E-state index contributed by atoms with van der Waals surface area (Å²) in [4.78, 5) is 0. The Morgan fingerprint density at radius 2 is 1.90 bits per heavy atom. The first kappa shape index (κ1) is 16.1. The Hall–Kier alpha value is -1.31. The van der Waals surface area contributed by atoms with Crippen LogP contribution in [0.4, 0.5) is 0 Å². The van der Waals surface area contributed by atoms with Crippen LogP contribution in [0, 0.1) is 0 Å². The van der Waals surface area contributed by atoms with E-state index >= 15 is 0 Å². The topological polar surface area (TPSA) is 84.9 Å². The zero-order valence-corrected chi connectivity index (χ0v) is 12.7. The second-order valence-electron chi connectivity index (χ2n) is 4.87. The number of hydrogen-bond acceptors (Lipinski definition) is 5. The number of hydrogen-bond donors (Lipinski definition) is 2. The number of fused-ring (bicyclic) bond motifs is 1. The standard InChI is InChI=1S/C14H21NO5S/c16-7-1-2-10-21(17,18)15-6-5-12-3-4-13-14(11-12)20-9-8-19-13/h3-4,11,15-16H,1-2,5-10H2. The lowest BCUT2D eigenvalue weighted by molar-refractivity contribution is 0.171. The molecular weight excluding hydrogens is 294 g/mol. The van der Waals surface area contributed by atoms with Crippen LogP contribution < -0.4 is 14.2 Å². The van der Waals surface area contributed by atoms with Crippen molar-refractivity contribution in [3.8, 4) is 11.5 Å². The Balaban J connectivity index is 1.80. The maximum atomic E-state index is 11.7. The summed E-state index contributed by atoms with van der Waals surface area (Å²) in [7, 11) is -3.26. The second-order valence-corrected chi connectivity index (χ2v) is 6.80. The van der Waals surface area contributed by atoms with Crippen molar-refractivity contribution in [2.24, 2.45) is 0 Å². The van der Waals surface area contributed by atoms with Crippen molar-refractivity contribution >= 4 is 10.0 Å². The normalized spacial score (nSPS) is 14.1. The van der Waals surface area contributed by atoms with Gasteiger partial charge in [-0.25, -0.2) is 13.1 Å². The maximum absolute atomic E-state index is 11.7. The largest absolute Gasteiger partial charge is 0.486 e. The van der Waals surface area contributed by atoms with E-state index in [2.05, 4.69) is 4.72 Å². The number of unbranched alkanes of at least 4 members (excludes halogenated alkanes) is 1. The van der Waals surface area contributed by atoms with E-state index in [9.17, 15) is 8.42 Å². The number of aliphatic hydroxyl groups is 1. The molecule has 0 radical (unpaired) electrons. The Labute approximate surface area is 125 Å². The van der Waals surface area contributed by atoms with Crippen molar-refractivity contribution in [1.29, 1.82) is 0 Å². The molecule has 21 heavy (non-hydrogen) atoms. The van der Waals surface area contributed by atoms with Gasteiger partial charge < -0.3 is 14.6 Å². The summed E-state index contributed by atoms with van der Waals surface area (Å²) in [6.07, 6.45) is 1.56. The predicted molar refractivity (Wildman–Crippen MR) is 79.2 cm³/mol. The summed E-state index contributed by atoms with van der Waals surface area (Å²) in [6, 6.07) is 5.64. The van der Waals surface area contributed by atoms with Crippen LogP contribution in [0.3, 0.4) is 0 Å². The highest BCUT2D eigenvalue weighted by Crippen LogP contribution is 2.30. The van der Waals surface area contributed by atoms with Crippen LogP contribution in [0.2, 0.25) is 0 Å². The molecule has 0 unspecified atom stereocenters. The van der Waals surface area contributed by atoms with E-state index in [4.69, 9.17) is 14.6 Å². The van der Waals surface area contributed by atoms with Gasteiger partial charge in [-0.15, -0.1) is 0 Å². The van der Waals surface area contributed by atoms with Gasteiger partial charge in [0, 0.05) is 13.2 Å². The number of nitrogens with one attached hydrogen (secondary N) is 1. The molecule has 0 fully saturated rings. The highest BCUT2D eigenvalue weighted by atomic mass is 32.2. The minimum Gasteiger partial charge on any atom is -0.486 e. The number of ether oxygens (including phenoxy) is 2. The molecule has 0 spiro atoms. The zero-order chi connectivity index (χ0) is 15.1. The van der Waals surface area contributed by atoms with E-state index in [0.717, 1.165) is 11.3 Å². The summed E-state index contributed by atoms with van der Waals surface area (Å²) in [5.74, 6) is 1.49. The van der Waals surface area contributed by atoms with E-state index in [0.29, 0.717) is 44.8 Å². The Morgan fingerprint density at radius 1 is 1.14 bits per heavy atom. The van der Waals surface area contributed by atoms with Gasteiger partial charge in [-0.1, -0.05) is 6.07 Å². The lowest BCUT2D eigenvalue weighted by atomic mass is 10.1. The fraction of sp³-hybridized carbons (Fsp3) is 0.571. The summed E-state index contributed by atoms with van der Waals surface area (Å²) < 4.78 is 36.9. The summed E-state index contributed by atoms with van der Waals surface area (Å²) >= 11 is 0. The summed E-state index contributed by atoms with van der Waals surface area (Å²) in [6.45, 7) is 1.46. The number of aliphatic hydroxyl groups excluding tert-OH is 1. The fourth-order valence-electron chi connectivity index (χ4n) is 2.07. The SMILES string of the molecule is O=S(=O)(CCCCO)NCCc1ccc2c(c1)OCCO2. The van der Waals surface area contributed by atoms with Crippen molar-refractivity contribution < 1.29 is 23.0 Å². The van der Waals surface area contributed by atoms with Crippen LogP contribution >= 0.6 is 0 Å². The molecule has 1 aliphatic heterocycles. The monoisotopic (exact) mass is 315 g/mol. The lowest BCUT2D eigenvalue weighted by Gasteiger charge is -2.18. The van der Waals surface area contributed by atoms with Gasteiger partial charge in [-0.05, 0) is 37.0 Å².